The van der Waals surface area contributed by atoms with Crippen LogP contribution in [0.15, 0.2) is 5.38 Å². The Hall–Kier alpha value is -0.980. The second-order valence-corrected chi connectivity index (χ2v) is 5.39. The van der Waals surface area contributed by atoms with E-state index < -0.39 is 0 Å². The monoisotopic (exact) mass is 268 g/mol. The molecular formula is C12H20N4OS. The summed E-state index contributed by atoms with van der Waals surface area (Å²) in [6, 6.07) is 0. The summed E-state index contributed by atoms with van der Waals surface area (Å²) >= 11 is 1.73. The summed E-state index contributed by atoms with van der Waals surface area (Å²) in [5, 5.41) is 3.33. The van der Waals surface area contributed by atoms with Crippen molar-refractivity contribution in [2.45, 2.75) is 19.9 Å². The van der Waals surface area contributed by atoms with Crippen molar-refractivity contribution in [2.24, 2.45) is 5.73 Å². The van der Waals surface area contributed by atoms with Gasteiger partial charge in [0.25, 0.3) is 0 Å². The molecule has 6 heteroatoms. The van der Waals surface area contributed by atoms with Gasteiger partial charge in [0.1, 0.15) is 0 Å². The number of hydrogen-bond acceptors (Lipinski definition) is 5. The van der Waals surface area contributed by atoms with Crippen LogP contribution in [0.1, 0.15) is 17.6 Å². The van der Waals surface area contributed by atoms with Gasteiger partial charge in [-0.1, -0.05) is 6.92 Å². The number of piperazine rings is 1. The van der Waals surface area contributed by atoms with Gasteiger partial charge in [-0.2, -0.15) is 0 Å². The van der Waals surface area contributed by atoms with Crippen LogP contribution >= 0.6 is 11.3 Å². The lowest BCUT2D eigenvalue weighted by Crippen LogP contribution is -2.49. The predicted octanol–water partition coefficient (Wildman–Crippen LogP) is 0.308. The lowest BCUT2D eigenvalue weighted by Gasteiger charge is -2.34. The van der Waals surface area contributed by atoms with Gasteiger partial charge in [-0.3, -0.25) is 9.69 Å². The first-order valence-electron chi connectivity index (χ1n) is 6.36. The van der Waals surface area contributed by atoms with Crippen LogP contribution in [0.3, 0.4) is 0 Å². The van der Waals surface area contributed by atoms with Gasteiger partial charge in [-0.15, -0.1) is 11.3 Å². The number of rotatable bonds is 4. The summed E-state index contributed by atoms with van der Waals surface area (Å²) in [5.41, 5.74) is 6.51. The van der Waals surface area contributed by atoms with E-state index in [1.807, 2.05) is 4.90 Å². The number of nitrogens with zero attached hydrogens (tertiary/aromatic N) is 3. The number of amides is 1. The number of aryl methyl sites for hydroxylation is 1. The molecule has 1 aromatic heterocycles. The number of carbonyl (C=O) groups excluding carboxylic acids is 1. The molecule has 0 aliphatic carbocycles. The molecule has 0 bridgehead atoms. The second-order valence-electron chi connectivity index (χ2n) is 4.45. The highest BCUT2D eigenvalue weighted by atomic mass is 32.1. The van der Waals surface area contributed by atoms with Gasteiger partial charge in [0.05, 0.1) is 17.2 Å². The van der Waals surface area contributed by atoms with Crippen LogP contribution in [0.25, 0.3) is 0 Å². The molecule has 100 valence electrons. The Balaban J connectivity index is 1.81. The first kappa shape index (κ1) is 13.5. The van der Waals surface area contributed by atoms with Crippen molar-refractivity contribution in [3.63, 3.8) is 0 Å². The van der Waals surface area contributed by atoms with E-state index in [1.54, 1.807) is 11.3 Å². The fourth-order valence-corrected chi connectivity index (χ4v) is 2.83. The van der Waals surface area contributed by atoms with Crippen molar-refractivity contribution < 1.29 is 4.79 Å². The molecule has 5 nitrogen and oxygen atoms in total. The summed E-state index contributed by atoms with van der Waals surface area (Å²) in [6.07, 6.45) is 1.00. The number of aromatic nitrogens is 1. The molecule has 0 unspecified atom stereocenters. The maximum Gasteiger partial charge on any atom is 0.236 e. The zero-order chi connectivity index (χ0) is 13.0. The first-order valence-corrected chi connectivity index (χ1v) is 7.24. The molecule has 18 heavy (non-hydrogen) atoms. The Morgan fingerprint density at radius 1 is 1.44 bits per heavy atom. The molecule has 1 saturated heterocycles. The SMILES string of the molecule is CCc1nc(CN2CCN(C(=O)CN)CC2)cs1. The third kappa shape index (κ3) is 3.28. The number of hydrogen-bond donors (Lipinski definition) is 1. The minimum Gasteiger partial charge on any atom is -0.339 e. The zero-order valence-corrected chi connectivity index (χ0v) is 11.6. The number of thiazole rings is 1. The highest BCUT2D eigenvalue weighted by molar-refractivity contribution is 7.09. The lowest BCUT2D eigenvalue weighted by molar-refractivity contribution is -0.131. The van der Waals surface area contributed by atoms with E-state index in [0.717, 1.165) is 44.8 Å². The molecule has 1 aliphatic heterocycles. The molecule has 1 amide bonds. The fourth-order valence-electron chi connectivity index (χ4n) is 2.10. The fraction of sp³-hybridized carbons (Fsp3) is 0.667. The largest absolute Gasteiger partial charge is 0.339 e. The Labute approximate surface area is 112 Å². The van der Waals surface area contributed by atoms with E-state index in [0.29, 0.717) is 0 Å². The first-order chi connectivity index (χ1) is 8.72. The summed E-state index contributed by atoms with van der Waals surface area (Å²) in [7, 11) is 0. The van der Waals surface area contributed by atoms with Crippen LogP contribution in [-0.4, -0.2) is 53.4 Å². The van der Waals surface area contributed by atoms with E-state index in [9.17, 15) is 4.79 Å². The Morgan fingerprint density at radius 3 is 2.72 bits per heavy atom. The summed E-state index contributed by atoms with van der Waals surface area (Å²) in [6.45, 7) is 6.50. The molecule has 1 aromatic rings. The molecular weight excluding hydrogens is 248 g/mol. The van der Waals surface area contributed by atoms with Gasteiger partial charge >= 0.3 is 0 Å². The summed E-state index contributed by atoms with van der Waals surface area (Å²) in [4.78, 5) is 20.2. The van der Waals surface area contributed by atoms with E-state index in [1.165, 1.54) is 5.01 Å². The molecule has 0 spiro atoms. The van der Waals surface area contributed by atoms with E-state index in [4.69, 9.17) is 5.73 Å². The van der Waals surface area contributed by atoms with Crippen molar-refractivity contribution >= 4 is 17.2 Å². The van der Waals surface area contributed by atoms with Crippen LogP contribution in [0, 0.1) is 0 Å². The van der Waals surface area contributed by atoms with Crippen molar-refractivity contribution in [1.82, 2.24) is 14.8 Å². The molecule has 2 N–H and O–H groups in total. The minimum absolute atomic E-state index is 0.0524. The van der Waals surface area contributed by atoms with Crippen molar-refractivity contribution in [1.29, 1.82) is 0 Å². The topological polar surface area (TPSA) is 62.5 Å². The zero-order valence-electron chi connectivity index (χ0n) is 10.8. The minimum atomic E-state index is 0.0524. The van der Waals surface area contributed by atoms with E-state index in [2.05, 4.69) is 22.2 Å². The van der Waals surface area contributed by atoms with Gasteiger partial charge in [0.15, 0.2) is 0 Å². The van der Waals surface area contributed by atoms with Gasteiger partial charge in [0, 0.05) is 38.1 Å². The van der Waals surface area contributed by atoms with Crippen LogP contribution in [0.2, 0.25) is 0 Å². The third-order valence-electron chi connectivity index (χ3n) is 3.19. The molecule has 0 atom stereocenters. The van der Waals surface area contributed by atoms with Crippen LogP contribution in [0.4, 0.5) is 0 Å². The van der Waals surface area contributed by atoms with E-state index in [-0.39, 0.29) is 12.5 Å². The van der Waals surface area contributed by atoms with Gasteiger partial charge < -0.3 is 10.6 Å². The number of nitrogens with two attached hydrogens (primary N) is 1. The summed E-state index contributed by atoms with van der Waals surface area (Å²) in [5.74, 6) is 0.0524. The quantitative estimate of drug-likeness (QED) is 0.853. The Kier molecular flexibility index (Phi) is 4.68. The van der Waals surface area contributed by atoms with Crippen LogP contribution in [-0.2, 0) is 17.8 Å². The standard InChI is InChI=1S/C12H20N4OS/c1-2-11-14-10(9-18-11)8-15-3-5-16(6-4-15)12(17)7-13/h9H,2-8,13H2,1H3. The molecule has 0 aromatic carbocycles. The van der Waals surface area contributed by atoms with E-state index >= 15 is 0 Å². The van der Waals surface area contributed by atoms with Gasteiger partial charge in [-0.05, 0) is 6.42 Å². The van der Waals surface area contributed by atoms with Gasteiger partial charge in [0.2, 0.25) is 5.91 Å². The molecule has 1 aliphatic rings. The van der Waals surface area contributed by atoms with Gasteiger partial charge in [-0.25, -0.2) is 4.98 Å². The summed E-state index contributed by atoms with van der Waals surface area (Å²) < 4.78 is 0. The number of carbonyl (C=O) groups is 1. The van der Waals surface area contributed by atoms with Crippen molar-refractivity contribution in [3.8, 4) is 0 Å². The second kappa shape index (κ2) is 6.26. The third-order valence-corrected chi connectivity index (χ3v) is 4.23. The Morgan fingerprint density at radius 2 is 2.17 bits per heavy atom. The maximum absolute atomic E-state index is 11.4. The van der Waals surface area contributed by atoms with Crippen LogP contribution in [0.5, 0.6) is 0 Å². The molecule has 1 fully saturated rings. The van der Waals surface area contributed by atoms with Crippen molar-refractivity contribution in [3.05, 3.63) is 16.1 Å². The molecule has 0 saturated carbocycles. The average molecular weight is 268 g/mol. The highest BCUT2D eigenvalue weighted by Gasteiger charge is 2.20. The predicted molar refractivity (Wildman–Crippen MR) is 72.4 cm³/mol. The molecule has 2 rings (SSSR count). The van der Waals surface area contributed by atoms with Crippen molar-refractivity contribution in [2.75, 3.05) is 32.7 Å². The maximum atomic E-state index is 11.4. The average Bonchev–Trinajstić information content (AvgIpc) is 2.86. The van der Waals surface area contributed by atoms with Crippen LogP contribution < -0.4 is 5.73 Å². The smallest absolute Gasteiger partial charge is 0.236 e. The highest BCUT2D eigenvalue weighted by Crippen LogP contribution is 2.13. The normalized spacial score (nSPS) is 17.1. The molecule has 0 radical (unpaired) electrons. The lowest BCUT2D eigenvalue weighted by atomic mass is 10.3. The Bertz CT molecular complexity index is 399. The molecule has 2 heterocycles.